The van der Waals surface area contributed by atoms with Crippen LogP contribution in [0.25, 0.3) is 0 Å². The Morgan fingerprint density at radius 1 is 1.00 bits per heavy atom. The van der Waals surface area contributed by atoms with Crippen LogP contribution in [-0.2, 0) is 0 Å². The van der Waals surface area contributed by atoms with E-state index in [0.717, 1.165) is 0 Å². The molecule has 0 aliphatic rings. The third kappa shape index (κ3) is 1.51. The molecule has 0 saturated heterocycles. The molecule has 0 unspecified atom stereocenters. The zero-order valence-corrected chi connectivity index (χ0v) is 6.74. The van der Waals surface area contributed by atoms with E-state index < -0.39 is 0 Å². The summed E-state index contributed by atoms with van der Waals surface area (Å²) in [5.74, 6) is 0. The van der Waals surface area contributed by atoms with Crippen LogP contribution < -0.4 is 3.58 Å². The zero-order chi connectivity index (χ0) is 5.11. The Balaban J connectivity index is 3.02. The average molecular weight is 196 g/mol. The first-order valence-electron chi connectivity index (χ1n) is 2.16. The van der Waals surface area contributed by atoms with Crippen molar-refractivity contribution in [3.05, 3.63) is 30.3 Å². The molecule has 0 heterocycles. The second kappa shape index (κ2) is 2.36. The van der Waals surface area contributed by atoms with Crippen LogP contribution in [0.3, 0.4) is 0 Å². The summed E-state index contributed by atoms with van der Waals surface area (Å²) in [6.45, 7) is 0. The first-order valence-corrected chi connectivity index (χ1v) is 3.59. The van der Waals surface area contributed by atoms with Crippen molar-refractivity contribution in [2.24, 2.45) is 0 Å². The third-order valence-electron chi connectivity index (χ3n) is 0.774. The molecule has 0 spiro atoms. The molecule has 1 rings (SSSR count). The maximum absolute atomic E-state index is 2.12. The Morgan fingerprint density at radius 2 is 1.57 bits per heavy atom. The second-order valence-corrected chi connectivity index (χ2v) is 3.01. The van der Waals surface area contributed by atoms with Crippen molar-refractivity contribution < 1.29 is 0 Å². The van der Waals surface area contributed by atoms with Gasteiger partial charge in [0.1, 0.15) is 0 Å². The summed E-state index contributed by atoms with van der Waals surface area (Å²) in [4.78, 5) is 0. The topological polar surface area (TPSA) is 0 Å². The van der Waals surface area contributed by atoms with Gasteiger partial charge in [-0.2, -0.15) is 0 Å². The van der Waals surface area contributed by atoms with Crippen molar-refractivity contribution in [2.45, 2.75) is 0 Å². The van der Waals surface area contributed by atoms with Crippen LogP contribution in [0.4, 0.5) is 0 Å². The molecule has 1 heteroatoms. The van der Waals surface area contributed by atoms with Gasteiger partial charge in [0.2, 0.25) is 0 Å². The van der Waals surface area contributed by atoms with Crippen molar-refractivity contribution in [2.75, 3.05) is 0 Å². The summed E-state index contributed by atoms with van der Waals surface area (Å²) in [7, 11) is 0. The summed E-state index contributed by atoms with van der Waals surface area (Å²) in [5, 5.41) is 0. The second-order valence-electron chi connectivity index (χ2n) is 1.37. The van der Waals surface area contributed by atoms with E-state index in [0.29, 0.717) is 0 Å². The molecule has 0 aromatic heterocycles. The van der Waals surface area contributed by atoms with E-state index in [9.17, 15) is 0 Å². The molecule has 1 aromatic carbocycles. The van der Waals surface area contributed by atoms with Crippen LogP contribution >= 0.6 is 0 Å². The fourth-order valence-electron chi connectivity index (χ4n) is 0.438. The van der Waals surface area contributed by atoms with Crippen LogP contribution in [-0.4, -0.2) is 22.5 Å². The number of hydrogen-bond donors (Lipinski definition) is 0. The Kier molecular flexibility index (Phi) is 1.74. The van der Waals surface area contributed by atoms with Gasteiger partial charge in [-0.05, 0) is 0 Å². The van der Waals surface area contributed by atoms with E-state index in [1.165, 1.54) is 26.1 Å². The summed E-state index contributed by atoms with van der Waals surface area (Å²) in [6, 6.07) is 10.4. The molecule has 0 saturated carbocycles. The Bertz CT molecular complexity index is 134. The van der Waals surface area contributed by atoms with E-state index in [1.54, 1.807) is 0 Å². The van der Waals surface area contributed by atoms with Gasteiger partial charge >= 0.3 is 56.4 Å². The molecule has 0 radical (unpaired) electrons. The van der Waals surface area contributed by atoms with Crippen molar-refractivity contribution in [1.82, 2.24) is 0 Å². The molecular formula is C6H5Sn+3. The minimum atomic E-state index is 1.41. The van der Waals surface area contributed by atoms with E-state index in [1.807, 2.05) is 6.07 Å². The number of benzene rings is 1. The van der Waals surface area contributed by atoms with Crippen LogP contribution in [0, 0.1) is 0 Å². The molecule has 30 valence electrons. The molecule has 0 aliphatic carbocycles. The average Bonchev–Trinajstić information content (AvgIpc) is 1.69. The SMILES string of the molecule is [Sn+3][c]1ccccc1. The molecule has 0 N–H and O–H groups in total. The zero-order valence-electron chi connectivity index (χ0n) is 3.89. The standard InChI is InChI=1S/C6H5.Sn/c1-2-4-6-5-3-1;/h1-5H;/q;+3. The number of rotatable bonds is 0. The molecule has 0 bridgehead atoms. The Hall–Kier alpha value is 0.0187. The summed E-state index contributed by atoms with van der Waals surface area (Å²) < 4.78 is 1.41. The predicted octanol–water partition coefficient (Wildman–Crippen LogP) is 0.480. The van der Waals surface area contributed by atoms with Gasteiger partial charge in [-0.3, -0.25) is 0 Å². The molecule has 0 aliphatic heterocycles. The van der Waals surface area contributed by atoms with Crippen molar-refractivity contribution in [3.8, 4) is 0 Å². The first kappa shape index (κ1) is 5.16. The van der Waals surface area contributed by atoms with Crippen LogP contribution in [0.5, 0.6) is 0 Å². The first-order chi connectivity index (χ1) is 3.39. The maximum atomic E-state index is 2.12. The molecule has 0 atom stereocenters. The molecule has 1 aromatic rings. The predicted molar refractivity (Wildman–Crippen MR) is 31.8 cm³/mol. The van der Waals surface area contributed by atoms with E-state index in [-0.39, 0.29) is 0 Å². The molecular weight excluding hydrogens is 191 g/mol. The Morgan fingerprint density at radius 3 is 1.86 bits per heavy atom. The third-order valence-corrected chi connectivity index (χ3v) is 1.73. The van der Waals surface area contributed by atoms with Crippen LogP contribution in [0.15, 0.2) is 30.3 Å². The van der Waals surface area contributed by atoms with E-state index >= 15 is 0 Å². The number of hydrogen-bond acceptors (Lipinski definition) is 0. The fraction of sp³-hybridized carbons (Fsp3) is 0. The van der Waals surface area contributed by atoms with Crippen molar-refractivity contribution in [3.63, 3.8) is 0 Å². The van der Waals surface area contributed by atoms with E-state index in [4.69, 9.17) is 0 Å². The van der Waals surface area contributed by atoms with Crippen LogP contribution in [0.1, 0.15) is 0 Å². The fourth-order valence-corrected chi connectivity index (χ4v) is 0.987. The van der Waals surface area contributed by atoms with Gasteiger partial charge in [-0.25, -0.2) is 0 Å². The van der Waals surface area contributed by atoms with E-state index in [2.05, 4.69) is 24.3 Å². The van der Waals surface area contributed by atoms with Gasteiger partial charge in [0.25, 0.3) is 0 Å². The van der Waals surface area contributed by atoms with Gasteiger partial charge in [0.05, 0.1) is 0 Å². The quantitative estimate of drug-likeness (QED) is 0.529. The molecule has 7 heavy (non-hydrogen) atoms. The van der Waals surface area contributed by atoms with Crippen LogP contribution in [0.2, 0.25) is 0 Å². The minimum absolute atomic E-state index is 1.41. The Labute approximate surface area is 56.6 Å². The van der Waals surface area contributed by atoms with Gasteiger partial charge in [0.15, 0.2) is 0 Å². The monoisotopic (exact) mass is 197 g/mol. The summed E-state index contributed by atoms with van der Waals surface area (Å²) >= 11 is 1.49. The summed E-state index contributed by atoms with van der Waals surface area (Å²) in [6.07, 6.45) is 0. The summed E-state index contributed by atoms with van der Waals surface area (Å²) in [5.41, 5.74) is 0. The molecule has 0 amide bonds. The molecule has 0 nitrogen and oxygen atoms in total. The van der Waals surface area contributed by atoms with Gasteiger partial charge in [0, 0.05) is 0 Å². The normalized spacial score (nSPS) is 8.86. The van der Waals surface area contributed by atoms with Gasteiger partial charge < -0.3 is 0 Å². The molecule has 0 fully saturated rings. The van der Waals surface area contributed by atoms with Crippen molar-refractivity contribution >= 4 is 26.1 Å². The van der Waals surface area contributed by atoms with Crippen molar-refractivity contribution in [1.29, 1.82) is 0 Å². The van der Waals surface area contributed by atoms with Gasteiger partial charge in [-0.15, -0.1) is 0 Å². The van der Waals surface area contributed by atoms with Gasteiger partial charge in [-0.1, -0.05) is 0 Å².